The average Bonchev–Trinajstić information content (AvgIpc) is 2.59. The van der Waals surface area contributed by atoms with Crippen molar-refractivity contribution >= 4 is 11.6 Å². The van der Waals surface area contributed by atoms with Crippen LogP contribution in [0.15, 0.2) is 12.1 Å². The van der Waals surface area contributed by atoms with Crippen LogP contribution in [0.2, 0.25) is 5.02 Å². The summed E-state index contributed by atoms with van der Waals surface area (Å²) in [5, 5.41) is 4.20. The van der Waals surface area contributed by atoms with E-state index in [1.54, 1.807) is 0 Å². The molecule has 3 nitrogen and oxygen atoms in total. The molecule has 3 rings (SSSR count). The Morgan fingerprint density at radius 2 is 2.00 bits per heavy atom. The highest BCUT2D eigenvalue weighted by Crippen LogP contribution is 2.42. The van der Waals surface area contributed by atoms with Crippen molar-refractivity contribution in [2.45, 2.75) is 39.2 Å². The summed E-state index contributed by atoms with van der Waals surface area (Å²) < 4.78 is 11.8. The second kappa shape index (κ2) is 5.45. The Hall–Kier alpha value is -0.930. The van der Waals surface area contributed by atoms with Gasteiger partial charge in [-0.25, -0.2) is 0 Å². The van der Waals surface area contributed by atoms with Crippen molar-refractivity contribution in [3.63, 3.8) is 0 Å². The van der Waals surface area contributed by atoms with Crippen molar-refractivity contribution in [3.05, 3.63) is 22.7 Å². The summed E-state index contributed by atoms with van der Waals surface area (Å²) in [5.41, 5.74) is 1.21. The molecule has 0 amide bonds. The van der Waals surface area contributed by atoms with Gasteiger partial charge in [0, 0.05) is 11.5 Å². The molecule has 1 atom stereocenters. The molecule has 0 saturated carbocycles. The van der Waals surface area contributed by atoms with Crippen LogP contribution >= 0.6 is 11.6 Å². The maximum absolute atomic E-state index is 6.40. The molecule has 2 aliphatic rings. The number of hydrogen-bond donors (Lipinski definition) is 1. The molecule has 4 heteroatoms. The van der Waals surface area contributed by atoms with Crippen LogP contribution in [0.1, 0.15) is 44.7 Å². The van der Waals surface area contributed by atoms with E-state index in [0.717, 1.165) is 18.7 Å². The summed E-state index contributed by atoms with van der Waals surface area (Å²) in [6.45, 7) is 6.62. The lowest BCUT2D eigenvalue weighted by atomic mass is 9.97. The molecule has 20 heavy (non-hydrogen) atoms. The zero-order valence-electron chi connectivity index (χ0n) is 12.2. The van der Waals surface area contributed by atoms with E-state index < -0.39 is 0 Å². The van der Waals surface area contributed by atoms with Gasteiger partial charge in [-0.2, -0.15) is 0 Å². The van der Waals surface area contributed by atoms with Gasteiger partial charge >= 0.3 is 0 Å². The molecular formula is C16H22ClNO2. The number of halogens is 1. The number of rotatable bonds is 1. The Kier molecular flexibility index (Phi) is 3.83. The Morgan fingerprint density at radius 1 is 1.20 bits per heavy atom. The molecule has 110 valence electrons. The predicted molar refractivity (Wildman–Crippen MR) is 80.8 cm³/mol. The Balaban J connectivity index is 1.90. The van der Waals surface area contributed by atoms with E-state index in [-0.39, 0.29) is 5.41 Å². The van der Waals surface area contributed by atoms with Crippen LogP contribution in [0.3, 0.4) is 0 Å². The predicted octanol–water partition coefficient (Wildman–Crippen LogP) is 3.95. The van der Waals surface area contributed by atoms with Crippen molar-refractivity contribution in [2.24, 2.45) is 5.41 Å². The molecule has 1 N–H and O–H groups in total. The summed E-state index contributed by atoms with van der Waals surface area (Å²) in [6.07, 6.45) is 3.67. The number of piperidine rings is 1. The van der Waals surface area contributed by atoms with Crippen LogP contribution in [0.4, 0.5) is 0 Å². The molecule has 1 fully saturated rings. The molecule has 1 aromatic carbocycles. The lowest BCUT2D eigenvalue weighted by Crippen LogP contribution is -2.26. The topological polar surface area (TPSA) is 30.5 Å². The van der Waals surface area contributed by atoms with Gasteiger partial charge in [0.1, 0.15) is 0 Å². The molecule has 0 spiro atoms. The Morgan fingerprint density at radius 3 is 2.75 bits per heavy atom. The van der Waals surface area contributed by atoms with Gasteiger partial charge in [-0.3, -0.25) is 0 Å². The van der Waals surface area contributed by atoms with Gasteiger partial charge in [0.05, 0.1) is 18.2 Å². The van der Waals surface area contributed by atoms with Gasteiger partial charge < -0.3 is 14.8 Å². The second-order valence-corrected chi connectivity index (χ2v) is 6.98. The molecule has 1 saturated heterocycles. The average molecular weight is 296 g/mol. The third-order valence-corrected chi connectivity index (χ3v) is 4.25. The number of hydrogen-bond acceptors (Lipinski definition) is 3. The SMILES string of the molecule is CC1(C)COc2cc(C3CCCCN3)cc(Cl)c2OC1. The van der Waals surface area contributed by atoms with Gasteiger partial charge in [0.25, 0.3) is 0 Å². The molecule has 0 bridgehead atoms. The van der Waals surface area contributed by atoms with E-state index in [9.17, 15) is 0 Å². The minimum Gasteiger partial charge on any atom is -0.489 e. The minimum atomic E-state index is 0.00556. The molecule has 0 aromatic heterocycles. The second-order valence-electron chi connectivity index (χ2n) is 6.57. The van der Waals surface area contributed by atoms with E-state index >= 15 is 0 Å². The van der Waals surface area contributed by atoms with Crippen LogP contribution in [0.25, 0.3) is 0 Å². The number of ether oxygens (including phenoxy) is 2. The van der Waals surface area contributed by atoms with Gasteiger partial charge in [0.2, 0.25) is 0 Å². The van der Waals surface area contributed by atoms with Crippen LogP contribution < -0.4 is 14.8 Å². The van der Waals surface area contributed by atoms with Gasteiger partial charge in [-0.15, -0.1) is 0 Å². The fourth-order valence-electron chi connectivity index (χ4n) is 2.76. The standard InChI is InChI=1S/C16H22ClNO2/c1-16(2)9-19-14-8-11(13-5-3-4-6-18-13)7-12(17)15(14)20-10-16/h7-8,13,18H,3-6,9-10H2,1-2H3. The minimum absolute atomic E-state index is 0.00556. The first kappa shape index (κ1) is 14.0. The fourth-order valence-corrected chi connectivity index (χ4v) is 3.03. The quantitative estimate of drug-likeness (QED) is 0.851. The molecule has 2 heterocycles. The molecule has 1 aromatic rings. The zero-order valence-corrected chi connectivity index (χ0v) is 12.9. The van der Waals surface area contributed by atoms with Crippen LogP contribution in [0.5, 0.6) is 11.5 Å². The van der Waals surface area contributed by atoms with Crippen LogP contribution in [0, 0.1) is 5.41 Å². The van der Waals surface area contributed by atoms with E-state index in [2.05, 4.69) is 25.2 Å². The first-order chi connectivity index (χ1) is 9.55. The van der Waals surface area contributed by atoms with E-state index in [1.807, 2.05) is 6.07 Å². The third-order valence-electron chi connectivity index (χ3n) is 3.97. The largest absolute Gasteiger partial charge is 0.489 e. The fraction of sp³-hybridized carbons (Fsp3) is 0.625. The Labute approximate surface area is 125 Å². The first-order valence-corrected chi connectivity index (χ1v) is 7.75. The molecule has 1 unspecified atom stereocenters. The van der Waals surface area contributed by atoms with Crippen molar-refractivity contribution < 1.29 is 9.47 Å². The summed E-state index contributed by atoms with van der Waals surface area (Å²) in [4.78, 5) is 0. The monoisotopic (exact) mass is 295 g/mol. The maximum Gasteiger partial charge on any atom is 0.179 e. The van der Waals surface area contributed by atoms with E-state index in [4.69, 9.17) is 21.1 Å². The van der Waals surface area contributed by atoms with Crippen LogP contribution in [-0.4, -0.2) is 19.8 Å². The van der Waals surface area contributed by atoms with Crippen molar-refractivity contribution in [2.75, 3.05) is 19.8 Å². The summed E-state index contributed by atoms with van der Waals surface area (Å²) in [5.74, 6) is 1.47. The van der Waals surface area contributed by atoms with Crippen molar-refractivity contribution in [3.8, 4) is 11.5 Å². The van der Waals surface area contributed by atoms with E-state index in [0.29, 0.717) is 30.0 Å². The van der Waals surface area contributed by atoms with Crippen molar-refractivity contribution in [1.29, 1.82) is 0 Å². The lowest BCUT2D eigenvalue weighted by Gasteiger charge is -2.24. The van der Waals surface area contributed by atoms with Crippen LogP contribution in [-0.2, 0) is 0 Å². The van der Waals surface area contributed by atoms with E-state index in [1.165, 1.54) is 18.4 Å². The first-order valence-electron chi connectivity index (χ1n) is 7.38. The summed E-state index contributed by atoms with van der Waals surface area (Å²) in [7, 11) is 0. The molecular weight excluding hydrogens is 274 g/mol. The zero-order chi connectivity index (χ0) is 14.2. The number of fused-ring (bicyclic) bond motifs is 1. The van der Waals surface area contributed by atoms with Gasteiger partial charge in [-0.1, -0.05) is 31.9 Å². The Bertz CT molecular complexity index is 495. The third kappa shape index (κ3) is 2.89. The highest BCUT2D eigenvalue weighted by Gasteiger charge is 2.28. The highest BCUT2D eigenvalue weighted by atomic mass is 35.5. The summed E-state index contributed by atoms with van der Waals surface area (Å²) in [6, 6.07) is 4.49. The number of benzene rings is 1. The molecule has 0 radical (unpaired) electrons. The van der Waals surface area contributed by atoms with Gasteiger partial charge in [0.15, 0.2) is 11.5 Å². The summed E-state index contributed by atoms with van der Waals surface area (Å²) >= 11 is 6.40. The normalized spacial score (nSPS) is 25.1. The van der Waals surface area contributed by atoms with Crippen molar-refractivity contribution in [1.82, 2.24) is 5.32 Å². The maximum atomic E-state index is 6.40. The molecule has 0 aliphatic carbocycles. The number of nitrogens with one attached hydrogen (secondary N) is 1. The smallest absolute Gasteiger partial charge is 0.179 e. The van der Waals surface area contributed by atoms with Gasteiger partial charge in [-0.05, 0) is 37.1 Å². The lowest BCUT2D eigenvalue weighted by molar-refractivity contribution is 0.140. The molecule has 2 aliphatic heterocycles. The highest BCUT2D eigenvalue weighted by molar-refractivity contribution is 6.32.